The van der Waals surface area contributed by atoms with E-state index < -0.39 is 10.1 Å². The summed E-state index contributed by atoms with van der Waals surface area (Å²) >= 11 is 0. The number of aryl methyl sites for hydroxylation is 1. The van der Waals surface area contributed by atoms with E-state index in [1.54, 1.807) is 30.5 Å². The van der Waals surface area contributed by atoms with Crippen LogP contribution in [0.1, 0.15) is 37.6 Å². The highest BCUT2D eigenvalue weighted by atomic mass is 32.2. The molecule has 5 heteroatoms. The molecule has 2 rings (SSSR count). The predicted molar refractivity (Wildman–Crippen MR) is 91.0 cm³/mol. The Morgan fingerprint density at radius 3 is 2.22 bits per heavy atom. The Bertz CT molecular complexity index is 742. The van der Waals surface area contributed by atoms with Crippen molar-refractivity contribution in [2.75, 3.05) is 6.61 Å². The van der Waals surface area contributed by atoms with Gasteiger partial charge in [0.2, 0.25) is 0 Å². The maximum absolute atomic E-state index is 12.1. The number of pyridine rings is 1. The van der Waals surface area contributed by atoms with E-state index in [1.807, 2.05) is 19.1 Å². The molecule has 0 aliphatic heterocycles. The van der Waals surface area contributed by atoms with Gasteiger partial charge in [-0.2, -0.15) is 8.42 Å². The molecule has 0 atom stereocenters. The molecule has 0 saturated carbocycles. The molecule has 0 amide bonds. The number of aromatic nitrogens is 1. The van der Waals surface area contributed by atoms with E-state index in [0.717, 1.165) is 16.8 Å². The molecule has 0 aliphatic carbocycles. The summed E-state index contributed by atoms with van der Waals surface area (Å²) in [6.07, 6.45) is 2.28. The molecule has 2 aromatic rings. The Kier molecular flexibility index (Phi) is 5.22. The van der Waals surface area contributed by atoms with Crippen LogP contribution in [0.5, 0.6) is 0 Å². The molecule has 4 nitrogen and oxygen atoms in total. The number of rotatable bonds is 5. The average Bonchev–Trinajstić information content (AvgIpc) is 2.47. The highest BCUT2D eigenvalue weighted by Gasteiger charge is 2.16. The predicted octanol–water partition coefficient (Wildman–Crippen LogP) is 3.64. The molecule has 0 unspecified atom stereocenters. The fourth-order valence-corrected chi connectivity index (χ4v) is 2.97. The number of hydrogen-bond acceptors (Lipinski definition) is 4. The highest BCUT2D eigenvalue weighted by molar-refractivity contribution is 7.86. The van der Waals surface area contributed by atoms with Crippen molar-refractivity contribution in [2.24, 2.45) is 0 Å². The fraction of sp³-hybridized carbons (Fsp3) is 0.389. The third kappa shape index (κ3) is 4.88. The molecule has 1 heterocycles. The Hall–Kier alpha value is -1.72. The standard InChI is InChI=1S/C18H23NO3S/c1-14-5-8-16(9-6-14)23(20,21)22-12-11-15-7-10-17(19-13-15)18(2,3)4/h5-10,13H,11-12H2,1-4H3. The molecule has 1 aromatic carbocycles. The Morgan fingerprint density at radius 1 is 1.04 bits per heavy atom. The van der Waals surface area contributed by atoms with Gasteiger partial charge in [-0.3, -0.25) is 9.17 Å². The zero-order chi connectivity index (χ0) is 17.1. The second kappa shape index (κ2) is 6.81. The van der Waals surface area contributed by atoms with Crippen LogP contribution in [0.15, 0.2) is 47.5 Å². The van der Waals surface area contributed by atoms with Crippen LogP contribution in [-0.2, 0) is 26.1 Å². The van der Waals surface area contributed by atoms with Crippen molar-refractivity contribution in [3.63, 3.8) is 0 Å². The first kappa shape index (κ1) is 17.6. The monoisotopic (exact) mass is 333 g/mol. The summed E-state index contributed by atoms with van der Waals surface area (Å²) in [5, 5.41) is 0. The van der Waals surface area contributed by atoms with Gasteiger partial charge in [0.25, 0.3) is 10.1 Å². The minimum atomic E-state index is -3.70. The summed E-state index contributed by atoms with van der Waals surface area (Å²) < 4.78 is 29.3. The van der Waals surface area contributed by atoms with Crippen LogP contribution in [0, 0.1) is 6.92 Å². The van der Waals surface area contributed by atoms with Crippen LogP contribution in [0.3, 0.4) is 0 Å². The fourth-order valence-electron chi connectivity index (χ4n) is 2.06. The van der Waals surface area contributed by atoms with Crippen LogP contribution < -0.4 is 0 Å². The maximum atomic E-state index is 12.1. The first-order valence-corrected chi connectivity index (χ1v) is 9.01. The number of nitrogens with zero attached hydrogens (tertiary/aromatic N) is 1. The van der Waals surface area contributed by atoms with Crippen molar-refractivity contribution in [1.82, 2.24) is 4.98 Å². The minimum absolute atomic E-state index is 0.00378. The highest BCUT2D eigenvalue weighted by Crippen LogP contribution is 2.20. The normalized spacial score (nSPS) is 12.3. The van der Waals surface area contributed by atoms with Crippen LogP contribution in [0.25, 0.3) is 0 Å². The third-order valence-electron chi connectivity index (χ3n) is 3.53. The van der Waals surface area contributed by atoms with Gasteiger partial charge in [0.15, 0.2) is 0 Å². The average molecular weight is 333 g/mol. The lowest BCUT2D eigenvalue weighted by Crippen LogP contribution is -2.13. The minimum Gasteiger partial charge on any atom is -0.266 e. The molecule has 0 fully saturated rings. The SMILES string of the molecule is Cc1ccc(S(=O)(=O)OCCc2ccc(C(C)(C)C)nc2)cc1. The second-order valence-electron chi connectivity index (χ2n) is 6.64. The van der Waals surface area contributed by atoms with Crippen molar-refractivity contribution in [3.8, 4) is 0 Å². The van der Waals surface area contributed by atoms with E-state index in [2.05, 4.69) is 25.8 Å². The summed E-state index contributed by atoms with van der Waals surface area (Å²) in [7, 11) is -3.70. The van der Waals surface area contributed by atoms with Crippen molar-refractivity contribution in [1.29, 1.82) is 0 Å². The number of benzene rings is 1. The molecular weight excluding hydrogens is 310 g/mol. The topological polar surface area (TPSA) is 56.3 Å². The van der Waals surface area contributed by atoms with E-state index in [0.29, 0.717) is 6.42 Å². The van der Waals surface area contributed by atoms with Gasteiger partial charge in [0, 0.05) is 17.3 Å². The maximum Gasteiger partial charge on any atom is 0.296 e. The van der Waals surface area contributed by atoms with Crippen LogP contribution in [-0.4, -0.2) is 20.0 Å². The summed E-state index contributed by atoms with van der Waals surface area (Å²) in [6, 6.07) is 10.6. The van der Waals surface area contributed by atoms with Crippen molar-refractivity contribution >= 4 is 10.1 Å². The van der Waals surface area contributed by atoms with Gasteiger partial charge in [0.1, 0.15) is 0 Å². The molecule has 0 spiro atoms. The quantitative estimate of drug-likeness (QED) is 0.784. The first-order chi connectivity index (χ1) is 10.7. The van der Waals surface area contributed by atoms with E-state index >= 15 is 0 Å². The summed E-state index contributed by atoms with van der Waals surface area (Å²) in [4.78, 5) is 4.61. The van der Waals surface area contributed by atoms with Gasteiger partial charge in [-0.1, -0.05) is 44.5 Å². The third-order valence-corrected chi connectivity index (χ3v) is 4.86. The molecule has 23 heavy (non-hydrogen) atoms. The van der Waals surface area contributed by atoms with E-state index in [-0.39, 0.29) is 16.9 Å². The lowest BCUT2D eigenvalue weighted by molar-refractivity contribution is 0.322. The lowest BCUT2D eigenvalue weighted by Gasteiger charge is -2.17. The summed E-state index contributed by atoms with van der Waals surface area (Å²) in [5.41, 5.74) is 2.98. The molecule has 1 aromatic heterocycles. The number of hydrogen-bond donors (Lipinski definition) is 0. The van der Waals surface area contributed by atoms with E-state index in [9.17, 15) is 8.42 Å². The molecule has 0 saturated heterocycles. The van der Waals surface area contributed by atoms with Gasteiger partial charge in [-0.25, -0.2) is 0 Å². The Balaban J connectivity index is 1.95. The van der Waals surface area contributed by atoms with Gasteiger partial charge in [0.05, 0.1) is 11.5 Å². The molecular formula is C18H23NO3S. The summed E-state index contributed by atoms with van der Waals surface area (Å²) in [6.45, 7) is 8.32. The largest absolute Gasteiger partial charge is 0.296 e. The van der Waals surface area contributed by atoms with Crippen LogP contribution in [0.2, 0.25) is 0 Å². The summed E-state index contributed by atoms with van der Waals surface area (Å²) in [5.74, 6) is 0. The Labute approximate surface area is 138 Å². The van der Waals surface area contributed by atoms with Gasteiger partial charge < -0.3 is 0 Å². The molecule has 0 radical (unpaired) electrons. The lowest BCUT2D eigenvalue weighted by atomic mass is 9.91. The molecule has 124 valence electrons. The van der Waals surface area contributed by atoms with Gasteiger partial charge >= 0.3 is 0 Å². The second-order valence-corrected chi connectivity index (χ2v) is 8.26. The van der Waals surface area contributed by atoms with Crippen molar-refractivity contribution in [2.45, 2.75) is 44.4 Å². The molecule has 0 bridgehead atoms. The van der Waals surface area contributed by atoms with E-state index in [4.69, 9.17) is 4.18 Å². The van der Waals surface area contributed by atoms with Crippen LogP contribution >= 0.6 is 0 Å². The van der Waals surface area contributed by atoms with Gasteiger partial charge in [-0.15, -0.1) is 0 Å². The van der Waals surface area contributed by atoms with E-state index in [1.165, 1.54) is 0 Å². The first-order valence-electron chi connectivity index (χ1n) is 7.60. The van der Waals surface area contributed by atoms with Crippen LogP contribution in [0.4, 0.5) is 0 Å². The smallest absolute Gasteiger partial charge is 0.266 e. The zero-order valence-electron chi connectivity index (χ0n) is 14.0. The molecule has 0 aliphatic rings. The molecule has 0 N–H and O–H groups in total. The zero-order valence-corrected chi connectivity index (χ0v) is 14.9. The van der Waals surface area contributed by atoms with Crippen molar-refractivity contribution in [3.05, 3.63) is 59.4 Å². The van der Waals surface area contributed by atoms with Crippen molar-refractivity contribution < 1.29 is 12.6 Å². The van der Waals surface area contributed by atoms with Gasteiger partial charge in [-0.05, 0) is 37.1 Å². The Morgan fingerprint density at radius 2 is 1.70 bits per heavy atom.